The lowest BCUT2D eigenvalue weighted by Gasteiger charge is -2.26. The maximum Gasteiger partial charge on any atom is 0.243 e. The summed E-state index contributed by atoms with van der Waals surface area (Å²) in [5, 5.41) is 2.61. The highest BCUT2D eigenvalue weighted by molar-refractivity contribution is 7.27. The van der Waals surface area contributed by atoms with Gasteiger partial charge in [-0.3, -0.25) is 9.79 Å². The summed E-state index contributed by atoms with van der Waals surface area (Å²) in [6.07, 6.45) is 7.35. The number of anilines is 1. The smallest absolute Gasteiger partial charge is 0.243 e. The third-order valence-electron chi connectivity index (χ3n) is 6.65. The Kier molecular flexibility index (Phi) is 10.9. The van der Waals surface area contributed by atoms with E-state index in [1.807, 2.05) is 9.24 Å². The molecule has 1 atom stereocenters. The molecule has 1 fully saturated rings. The minimum Gasteiger partial charge on any atom is -0.453 e. The molecule has 3 aromatic rings. The average Bonchev–Trinajstić information content (AvgIpc) is 2.94. The van der Waals surface area contributed by atoms with Crippen LogP contribution in [0.5, 0.6) is 11.5 Å². The zero-order valence-electron chi connectivity index (χ0n) is 23.0. The summed E-state index contributed by atoms with van der Waals surface area (Å²) in [6, 6.07) is 4.38. The van der Waals surface area contributed by atoms with Gasteiger partial charge in [0.05, 0.1) is 22.3 Å². The van der Waals surface area contributed by atoms with Gasteiger partial charge in [-0.25, -0.2) is 23.1 Å². The molecule has 0 bridgehead atoms. The number of benzene rings is 2. The first-order chi connectivity index (χ1) is 19.5. The van der Waals surface area contributed by atoms with Crippen LogP contribution in [0.15, 0.2) is 48.2 Å². The maximum atomic E-state index is 14.8. The molecule has 0 saturated heterocycles. The number of amides is 1. The molecule has 41 heavy (non-hydrogen) atoms. The highest BCUT2D eigenvalue weighted by Crippen LogP contribution is 2.30. The second kappa shape index (κ2) is 14.2. The lowest BCUT2D eigenvalue weighted by molar-refractivity contribution is -0.117. The van der Waals surface area contributed by atoms with Crippen LogP contribution < -0.4 is 21.1 Å². The number of nitrogens with two attached hydrogens (primary N) is 1. The van der Waals surface area contributed by atoms with Gasteiger partial charge in [0.1, 0.15) is 29.5 Å². The number of nitrogen functional groups attached to an aromatic ring is 1. The topological polar surface area (TPSA) is 102 Å². The molecule has 1 heterocycles. The molecule has 0 radical (unpaired) electrons. The number of nitrogens with zero attached hydrogens (tertiary/aromatic N) is 3. The van der Waals surface area contributed by atoms with Crippen molar-refractivity contribution in [2.45, 2.75) is 45.6 Å². The third-order valence-corrected chi connectivity index (χ3v) is 7.19. The van der Waals surface area contributed by atoms with Crippen molar-refractivity contribution >= 4 is 32.0 Å². The minimum atomic E-state index is -1.42. The van der Waals surface area contributed by atoms with Gasteiger partial charge in [-0.2, -0.15) is 4.39 Å². The number of halogens is 4. The van der Waals surface area contributed by atoms with Crippen molar-refractivity contribution in [1.29, 1.82) is 0 Å². The number of aliphatic imine (C=N–C) groups is 1. The highest BCUT2D eigenvalue weighted by atomic mass is 31.0. The molecule has 0 spiro atoms. The van der Waals surface area contributed by atoms with Crippen molar-refractivity contribution in [3.8, 4) is 11.5 Å². The van der Waals surface area contributed by atoms with Crippen molar-refractivity contribution in [2.24, 2.45) is 10.9 Å². The molecule has 2 aromatic carbocycles. The molecule has 1 aliphatic carbocycles. The summed E-state index contributed by atoms with van der Waals surface area (Å²) in [6.45, 7) is 7.37. The molecule has 7 nitrogen and oxygen atoms in total. The summed E-state index contributed by atoms with van der Waals surface area (Å²) < 4.78 is 61.1. The molecule has 4 rings (SSSR count). The van der Waals surface area contributed by atoms with Crippen LogP contribution in [0.4, 0.5) is 23.4 Å². The first kappa shape index (κ1) is 31.7. The highest BCUT2D eigenvalue weighted by Gasteiger charge is 2.22. The number of nitrogens with one attached hydrogen (secondary N) is 1. The van der Waals surface area contributed by atoms with E-state index in [-0.39, 0.29) is 34.1 Å². The Morgan fingerprint density at radius 3 is 2.39 bits per heavy atom. The van der Waals surface area contributed by atoms with E-state index >= 15 is 0 Å². The Morgan fingerprint density at radius 2 is 1.80 bits per heavy atom. The number of carbonyl (C=O) groups is 1. The Hall–Kier alpha value is -3.85. The van der Waals surface area contributed by atoms with Crippen LogP contribution in [-0.2, 0) is 4.79 Å². The molecular weight excluding hydrogens is 557 g/mol. The second-order valence-corrected chi connectivity index (χ2v) is 10.2. The SMILES string of the molecule is C=CC(=O)NC1CCC(C)CC1.CN=C(c1ccc(Oc2c(F)c(F)cc(F)c2P)cc1F)c1c(C)ncnc1N. The molecule has 1 aliphatic rings. The third kappa shape index (κ3) is 7.88. The number of hydrogen-bond donors (Lipinski definition) is 2. The quantitative estimate of drug-likeness (QED) is 0.129. The maximum absolute atomic E-state index is 14.8. The minimum absolute atomic E-state index is 0.0328. The van der Waals surface area contributed by atoms with Crippen molar-refractivity contribution < 1.29 is 27.1 Å². The van der Waals surface area contributed by atoms with E-state index in [0.29, 0.717) is 23.4 Å². The first-order valence-electron chi connectivity index (χ1n) is 12.8. The Balaban J connectivity index is 0.000000322. The Bertz CT molecular complexity index is 1410. The van der Waals surface area contributed by atoms with Gasteiger partial charge in [0.2, 0.25) is 11.7 Å². The zero-order chi connectivity index (χ0) is 30.3. The van der Waals surface area contributed by atoms with Gasteiger partial charge in [0.15, 0.2) is 11.6 Å². The van der Waals surface area contributed by atoms with E-state index in [1.165, 1.54) is 44.4 Å². The fourth-order valence-electron chi connectivity index (χ4n) is 4.37. The first-order valence-corrected chi connectivity index (χ1v) is 13.4. The predicted octanol–water partition coefficient (Wildman–Crippen LogP) is 5.55. The van der Waals surface area contributed by atoms with Crippen LogP contribution in [0.2, 0.25) is 0 Å². The number of hydrogen-bond acceptors (Lipinski definition) is 6. The lowest BCUT2D eigenvalue weighted by Crippen LogP contribution is -2.36. The molecule has 3 N–H and O–H groups in total. The van der Waals surface area contributed by atoms with Crippen LogP contribution >= 0.6 is 9.24 Å². The predicted molar refractivity (Wildman–Crippen MR) is 155 cm³/mol. The summed E-state index contributed by atoms with van der Waals surface area (Å²) in [4.78, 5) is 23.0. The van der Waals surface area contributed by atoms with Gasteiger partial charge in [-0.15, -0.1) is 0 Å². The van der Waals surface area contributed by atoms with E-state index in [4.69, 9.17) is 10.5 Å². The van der Waals surface area contributed by atoms with Crippen molar-refractivity contribution in [2.75, 3.05) is 12.8 Å². The normalized spacial score (nSPS) is 16.8. The molecular formula is C29H32F4N5O2P. The Labute approximate surface area is 238 Å². The van der Waals surface area contributed by atoms with E-state index < -0.39 is 29.0 Å². The van der Waals surface area contributed by atoms with Crippen LogP contribution in [0.1, 0.15) is 49.4 Å². The summed E-state index contributed by atoms with van der Waals surface area (Å²) in [5.74, 6) is -4.52. The van der Waals surface area contributed by atoms with Gasteiger partial charge in [0, 0.05) is 30.8 Å². The van der Waals surface area contributed by atoms with Crippen molar-refractivity contribution in [3.05, 3.63) is 83.3 Å². The van der Waals surface area contributed by atoms with Crippen LogP contribution in [0, 0.1) is 36.1 Å². The number of rotatable bonds is 6. The van der Waals surface area contributed by atoms with Crippen LogP contribution in [0.25, 0.3) is 0 Å². The molecule has 1 unspecified atom stereocenters. The van der Waals surface area contributed by atoms with E-state index in [1.54, 1.807) is 6.92 Å². The summed E-state index contributed by atoms with van der Waals surface area (Å²) in [5.41, 5.74) is 7.03. The summed E-state index contributed by atoms with van der Waals surface area (Å²) in [7, 11) is 3.37. The summed E-state index contributed by atoms with van der Waals surface area (Å²) >= 11 is 0. The largest absolute Gasteiger partial charge is 0.453 e. The molecule has 218 valence electrons. The van der Waals surface area contributed by atoms with Crippen molar-refractivity contribution in [3.63, 3.8) is 0 Å². The molecule has 12 heteroatoms. The zero-order valence-corrected chi connectivity index (χ0v) is 24.1. The second-order valence-electron chi connectivity index (χ2n) is 9.60. The van der Waals surface area contributed by atoms with Gasteiger partial charge >= 0.3 is 0 Å². The van der Waals surface area contributed by atoms with Gasteiger partial charge in [0.25, 0.3) is 0 Å². The lowest BCUT2D eigenvalue weighted by atomic mass is 9.87. The Morgan fingerprint density at radius 1 is 1.12 bits per heavy atom. The molecule has 0 aliphatic heterocycles. The fraction of sp³-hybridized carbons (Fsp3) is 0.310. The van der Waals surface area contributed by atoms with Crippen LogP contribution in [-0.4, -0.2) is 34.7 Å². The van der Waals surface area contributed by atoms with Gasteiger partial charge in [-0.1, -0.05) is 22.7 Å². The molecule has 1 saturated carbocycles. The number of carbonyl (C=O) groups excluding carboxylic acids is 1. The average molecular weight is 590 g/mol. The van der Waals surface area contributed by atoms with Gasteiger partial charge in [-0.05, 0) is 56.7 Å². The van der Waals surface area contributed by atoms with E-state index in [9.17, 15) is 22.4 Å². The van der Waals surface area contributed by atoms with Crippen molar-refractivity contribution in [1.82, 2.24) is 15.3 Å². The standard InChI is InChI=1S/C19H15F4N4OP.C10H17NO/c1-8-14(19(24)27-7-26-8)16(25-2)10-4-3-9(5-11(10)20)28-17-15(23)12(21)6-13(22)18(17)29;1-3-10(12)11-9-6-4-8(2)5-7-9/h3-7H,29H2,1-2H3,(H2,24,26,27);3,8-9H,1,4-7H2,2H3,(H,11,12). The molecule has 1 aromatic heterocycles. The fourth-order valence-corrected chi connectivity index (χ4v) is 4.64. The van der Waals surface area contributed by atoms with Crippen LogP contribution in [0.3, 0.4) is 0 Å². The van der Waals surface area contributed by atoms with E-state index in [2.05, 4.69) is 33.8 Å². The molecule has 1 amide bonds. The number of aryl methyl sites for hydroxylation is 1. The van der Waals surface area contributed by atoms with E-state index in [0.717, 1.165) is 24.8 Å². The number of ether oxygens (including phenoxy) is 1. The number of aromatic nitrogens is 2. The van der Waals surface area contributed by atoms with Gasteiger partial charge < -0.3 is 15.8 Å². The monoisotopic (exact) mass is 589 g/mol.